The van der Waals surface area contributed by atoms with E-state index in [2.05, 4.69) is 88.5 Å². The molecule has 0 aromatic carbocycles. The van der Waals surface area contributed by atoms with E-state index in [4.69, 9.17) is 0 Å². The summed E-state index contributed by atoms with van der Waals surface area (Å²) >= 11 is 0. The van der Waals surface area contributed by atoms with E-state index in [-0.39, 0.29) is 0 Å². The second-order valence-corrected chi connectivity index (χ2v) is 33.0. The first-order chi connectivity index (χ1) is 23.1. The van der Waals surface area contributed by atoms with Gasteiger partial charge in [-0.1, -0.05) is 121 Å². The third-order valence-corrected chi connectivity index (χ3v) is 32.1. The molecule has 0 bridgehead atoms. The third kappa shape index (κ3) is 6.05. The van der Waals surface area contributed by atoms with Crippen molar-refractivity contribution >= 4 is 16.1 Å². The Morgan fingerprint density at radius 1 is 0.327 bits per heavy atom. The van der Waals surface area contributed by atoms with Gasteiger partial charge in [0.25, 0.3) is 0 Å². The van der Waals surface area contributed by atoms with Crippen molar-refractivity contribution in [3.05, 3.63) is 0 Å². The van der Waals surface area contributed by atoms with Gasteiger partial charge in [0.2, 0.25) is 0 Å². The van der Waals surface area contributed by atoms with Gasteiger partial charge in [-0.25, -0.2) is 0 Å². The molecule has 7 rings (SSSR count). The van der Waals surface area contributed by atoms with Crippen LogP contribution in [-0.2, 0) is 0 Å². The normalized spacial score (nSPS) is 55.4. The fourth-order valence-corrected chi connectivity index (χ4v) is 31.8. The number of hydrogen-bond donors (Lipinski definition) is 0. The summed E-state index contributed by atoms with van der Waals surface area (Å²) in [6.45, 7) is 35.4. The quantitative estimate of drug-likeness (QED) is 0.241. The molecule has 0 aromatic rings. The van der Waals surface area contributed by atoms with Gasteiger partial charge in [-0.3, -0.25) is 0 Å². The lowest BCUT2D eigenvalue weighted by atomic mass is 9.60. The topological polar surface area (TPSA) is 0 Å². The van der Waals surface area contributed by atoms with Crippen LogP contribution in [0.5, 0.6) is 0 Å². The van der Waals surface area contributed by atoms with Crippen molar-refractivity contribution in [2.24, 2.45) is 101 Å². The molecule has 49 heavy (non-hydrogen) atoms. The van der Waals surface area contributed by atoms with Crippen LogP contribution in [0.1, 0.15) is 146 Å². The minimum absolute atomic E-state index is 0.920. The molecule has 2 heteroatoms. The summed E-state index contributed by atoms with van der Waals surface area (Å²) in [4.78, 5) is 0. The van der Waals surface area contributed by atoms with Crippen LogP contribution in [0, 0.1) is 101 Å². The summed E-state index contributed by atoms with van der Waals surface area (Å²) in [5, 5.41) is 0. The molecule has 0 amide bonds. The van der Waals surface area contributed by atoms with Gasteiger partial charge in [-0.05, 0) is 174 Å². The molecule has 7 aliphatic carbocycles. The van der Waals surface area contributed by atoms with E-state index in [1.807, 2.05) is 0 Å². The summed E-state index contributed by atoms with van der Waals surface area (Å²) in [6.07, 6.45) is 20.7. The molecule has 0 aliphatic heterocycles. The van der Waals surface area contributed by atoms with Gasteiger partial charge in [-0.2, -0.15) is 0 Å². The summed E-state index contributed by atoms with van der Waals surface area (Å²) in [6, 6.07) is 0. The Balaban J connectivity index is 0.995. The Hall–Kier alpha value is 0.434. The molecule has 17 atom stereocenters. The third-order valence-electron chi connectivity index (χ3n) is 21.2. The highest BCUT2D eigenvalue weighted by molar-refractivity contribution is 6.81. The van der Waals surface area contributed by atoms with Crippen molar-refractivity contribution in [3.63, 3.8) is 0 Å². The molecular weight excluding hydrogens is 621 g/mol. The molecule has 0 N–H and O–H groups in total. The minimum atomic E-state index is -1.38. The summed E-state index contributed by atoms with van der Waals surface area (Å²) < 4.78 is 0. The molecule has 7 aliphatic rings. The Labute approximate surface area is 309 Å². The Morgan fingerprint density at radius 3 is 1.22 bits per heavy atom. The van der Waals surface area contributed by atoms with Crippen molar-refractivity contribution in [1.29, 1.82) is 0 Å². The van der Waals surface area contributed by atoms with Crippen LogP contribution >= 0.6 is 0 Å². The van der Waals surface area contributed by atoms with E-state index >= 15 is 0 Å². The SMILES string of the molecule is CC1CC2C(C3CCC(C4CCCC5C4CCC5[Si](C)(C)C4C(C)C(C)C(C)C4C)CC3)CCCC2C1[Si](C)(C)C1C(C)C(C)C(C)C1C. The fraction of sp³-hybridized carbons (Fsp3) is 1.00. The molecule has 0 heterocycles. The molecule has 0 spiro atoms. The standard InChI is InChI=1S/C47H86Si2/c1-27-26-43-39(17-15-19-42(43)45(27)49(12,13)47-34(8)30(4)31(5)35(47)9)37-22-20-36(21-23-37)38-16-14-18-41-40(38)24-25-44(41)48(10,11)46-32(6)28(2)29(3)33(46)7/h27-47H,14-26H2,1-13H3. The lowest BCUT2D eigenvalue weighted by molar-refractivity contribution is 0.0477. The van der Waals surface area contributed by atoms with E-state index in [1.165, 1.54) is 0 Å². The van der Waals surface area contributed by atoms with Crippen LogP contribution in [0.4, 0.5) is 0 Å². The Morgan fingerprint density at radius 2 is 0.735 bits per heavy atom. The number of fused-ring (bicyclic) bond motifs is 2. The van der Waals surface area contributed by atoms with Crippen molar-refractivity contribution in [2.75, 3.05) is 0 Å². The summed E-state index contributed by atoms with van der Waals surface area (Å²) in [5.41, 5.74) is 4.31. The molecule has 0 saturated heterocycles. The van der Waals surface area contributed by atoms with Crippen LogP contribution in [0.3, 0.4) is 0 Å². The monoisotopic (exact) mass is 707 g/mol. The van der Waals surface area contributed by atoms with Crippen LogP contribution in [0.25, 0.3) is 0 Å². The molecule has 7 fully saturated rings. The maximum absolute atomic E-state index is 2.90. The van der Waals surface area contributed by atoms with Crippen LogP contribution in [0.15, 0.2) is 0 Å². The molecule has 17 unspecified atom stereocenters. The van der Waals surface area contributed by atoms with Gasteiger partial charge in [0, 0.05) is 0 Å². The van der Waals surface area contributed by atoms with Crippen LogP contribution in [0.2, 0.25) is 48.4 Å². The highest BCUT2D eigenvalue weighted by atomic mass is 28.3. The first-order valence-corrected chi connectivity index (χ1v) is 29.4. The average Bonchev–Trinajstić information content (AvgIpc) is 3.77. The second-order valence-electron chi connectivity index (χ2n) is 23.0. The van der Waals surface area contributed by atoms with Gasteiger partial charge >= 0.3 is 0 Å². The van der Waals surface area contributed by atoms with Gasteiger partial charge < -0.3 is 0 Å². The Kier molecular flexibility index (Phi) is 10.7. The molecule has 7 saturated carbocycles. The van der Waals surface area contributed by atoms with Crippen LogP contribution < -0.4 is 0 Å². The zero-order valence-electron chi connectivity index (χ0n) is 35.3. The van der Waals surface area contributed by atoms with Gasteiger partial charge in [0.15, 0.2) is 0 Å². The lowest BCUT2D eigenvalue weighted by Crippen LogP contribution is -2.46. The highest BCUT2D eigenvalue weighted by Gasteiger charge is 2.60. The fourth-order valence-electron chi connectivity index (χ4n) is 18.7. The second kappa shape index (κ2) is 13.9. The molecule has 282 valence electrons. The van der Waals surface area contributed by atoms with Crippen molar-refractivity contribution in [3.8, 4) is 0 Å². The first-order valence-electron chi connectivity index (χ1n) is 23.1. The molecule has 0 aromatic heterocycles. The molecular formula is C47H86Si2. The van der Waals surface area contributed by atoms with E-state index in [1.54, 1.807) is 83.5 Å². The lowest BCUT2D eigenvalue weighted by Gasteiger charge is -2.49. The number of rotatable bonds is 6. The summed E-state index contributed by atoms with van der Waals surface area (Å²) in [5.74, 6) is 17.2. The van der Waals surface area contributed by atoms with Crippen molar-refractivity contribution in [1.82, 2.24) is 0 Å². The van der Waals surface area contributed by atoms with Gasteiger partial charge in [0.05, 0.1) is 16.1 Å². The predicted octanol–water partition coefficient (Wildman–Crippen LogP) is 14.7. The van der Waals surface area contributed by atoms with Crippen molar-refractivity contribution in [2.45, 2.75) is 194 Å². The maximum Gasteiger partial charge on any atom is 0.0546 e. The Bertz CT molecular complexity index is 1100. The predicted molar refractivity (Wildman–Crippen MR) is 220 cm³/mol. The largest absolute Gasteiger partial charge is 0.0689 e. The molecule has 0 radical (unpaired) electrons. The minimum Gasteiger partial charge on any atom is -0.0689 e. The van der Waals surface area contributed by atoms with Gasteiger partial charge in [-0.15, -0.1) is 0 Å². The highest BCUT2D eigenvalue weighted by Crippen LogP contribution is 2.67. The maximum atomic E-state index is 2.90. The van der Waals surface area contributed by atoms with E-state index in [0.29, 0.717) is 0 Å². The van der Waals surface area contributed by atoms with E-state index in [0.717, 1.165) is 123 Å². The number of hydrogen-bond acceptors (Lipinski definition) is 0. The average molecular weight is 707 g/mol. The van der Waals surface area contributed by atoms with Gasteiger partial charge in [0.1, 0.15) is 0 Å². The smallest absolute Gasteiger partial charge is 0.0546 e. The van der Waals surface area contributed by atoms with Crippen molar-refractivity contribution < 1.29 is 0 Å². The molecule has 0 nitrogen and oxygen atoms in total. The van der Waals surface area contributed by atoms with E-state index < -0.39 is 16.1 Å². The van der Waals surface area contributed by atoms with E-state index in [9.17, 15) is 0 Å². The first kappa shape index (κ1) is 37.7. The zero-order chi connectivity index (χ0) is 35.3. The summed E-state index contributed by atoms with van der Waals surface area (Å²) in [7, 11) is -2.71. The van der Waals surface area contributed by atoms with Crippen LogP contribution in [-0.4, -0.2) is 16.1 Å². The zero-order valence-corrected chi connectivity index (χ0v) is 37.3.